The zero-order chi connectivity index (χ0) is 20.0. The Labute approximate surface area is 157 Å². The molecule has 0 aliphatic rings. The molecule has 2 aromatic rings. The lowest BCUT2D eigenvalue weighted by Crippen LogP contribution is -2.47. The van der Waals surface area contributed by atoms with Gasteiger partial charge in [-0.05, 0) is 20.8 Å². The summed E-state index contributed by atoms with van der Waals surface area (Å²) < 4.78 is 5.17. The van der Waals surface area contributed by atoms with Gasteiger partial charge in [-0.15, -0.1) is 0 Å². The van der Waals surface area contributed by atoms with Crippen molar-refractivity contribution >= 4 is 17.7 Å². The van der Waals surface area contributed by atoms with E-state index in [-0.39, 0.29) is 36.1 Å². The maximum atomic E-state index is 12.1. The van der Waals surface area contributed by atoms with Crippen molar-refractivity contribution in [2.24, 2.45) is 0 Å². The molecule has 2 rings (SSSR count). The second-order valence-corrected chi connectivity index (χ2v) is 7.17. The van der Waals surface area contributed by atoms with Crippen LogP contribution in [0.4, 0.5) is 0 Å². The van der Waals surface area contributed by atoms with Crippen LogP contribution >= 0.6 is 0 Å². The van der Waals surface area contributed by atoms with Gasteiger partial charge in [0.15, 0.2) is 11.5 Å². The first-order valence-electron chi connectivity index (χ1n) is 8.51. The average molecular weight is 372 g/mol. The minimum Gasteiger partial charge on any atom is -0.355 e. The van der Waals surface area contributed by atoms with Crippen molar-refractivity contribution in [2.75, 3.05) is 20.1 Å². The van der Waals surface area contributed by atoms with E-state index in [9.17, 15) is 14.4 Å². The minimum absolute atomic E-state index is 0.0785. The van der Waals surface area contributed by atoms with Crippen LogP contribution in [0.25, 0.3) is 11.3 Å². The molecule has 0 atom stereocenters. The summed E-state index contributed by atoms with van der Waals surface area (Å²) >= 11 is 0. The molecule has 8 nitrogen and oxygen atoms in total. The van der Waals surface area contributed by atoms with Crippen molar-refractivity contribution < 1.29 is 18.9 Å². The Morgan fingerprint density at radius 2 is 1.81 bits per heavy atom. The molecule has 1 aromatic carbocycles. The van der Waals surface area contributed by atoms with Crippen LogP contribution in [0.5, 0.6) is 0 Å². The van der Waals surface area contributed by atoms with E-state index in [1.807, 2.05) is 51.1 Å². The molecule has 0 bridgehead atoms. The first-order chi connectivity index (χ1) is 12.7. The summed E-state index contributed by atoms with van der Waals surface area (Å²) in [7, 11) is 1.50. The van der Waals surface area contributed by atoms with Gasteiger partial charge in [-0.1, -0.05) is 35.5 Å². The van der Waals surface area contributed by atoms with E-state index in [1.54, 1.807) is 0 Å². The van der Waals surface area contributed by atoms with Gasteiger partial charge in [0.25, 0.3) is 5.91 Å². The first kappa shape index (κ1) is 20.2. The van der Waals surface area contributed by atoms with Gasteiger partial charge < -0.3 is 20.1 Å². The molecular formula is C19H24N4O4. The molecule has 0 fully saturated rings. The second-order valence-electron chi connectivity index (χ2n) is 7.17. The third-order valence-electron chi connectivity index (χ3n) is 3.52. The molecule has 0 unspecified atom stereocenters. The highest BCUT2D eigenvalue weighted by atomic mass is 16.5. The lowest BCUT2D eigenvalue weighted by Gasteiger charge is -2.23. The third kappa shape index (κ3) is 6.25. The number of benzene rings is 1. The Morgan fingerprint density at radius 1 is 1.15 bits per heavy atom. The smallest absolute Gasteiger partial charge is 0.273 e. The van der Waals surface area contributed by atoms with Gasteiger partial charge in [0.2, 0.25) is 11.8 Å². The quantitative estimate of drug-likeness (QED) is 0.798. The summed E-state index contributed by atoms with van der Waals surface area (Å²) in [4.78, 5) is 37.3. The normalized spacial score (nSPS) is 11.0. The number of nitrogens with one attached hydrogen (secondary N) is 2. The summed E-state index contributed by atoms with van der Waals surface area (Å²) in [5.41, 5.74) is 0.498. The maximum absolute atomic E-state index is 12.1. The van der Waals surface area contributed by atoms with E-state index in [0.29, 0.717) is 5.76 Å². The number of aromatic nitrogens is 1. The maximum Gasteiger partial charge on any atom is 0.273 e. The lowest BCUT2D eigenvalue weighted by atomic mass is 10.1. The van der Waals surface area contributed by atoms with Gasteiger partial charge in [0.05, 0.1) is 13.1 Å². The van der Waals surface area contributed by atoms with Gasteiger partial charge >= 0.3 is 0 Å². The molecule has 1 aromatic heterocycles. The van der Waals surface area contributed by atoms with Gasteiger partial charge in [-0.2, -0.15) is 0 Å². The predicted octanol–water partition coefficient (Wildman–Crippen LogP) is 1.44. The standard InChI is InChI=1S/C19H24N4O4/c1-19(2,3)21-16(24)12-23(4)17(25)11-20-18(26)14-10-15(27-22-14)13-8-6-5-7-9-13/h5-10H,11-12H2,1-4H3,(H,20,26)(H,21,24). The second kappa shape index (κ2) is 8.48. The number of rotatable bonds is 6. The highest BCUT2D eigenvalue weighted by Crippen LogP contribution is 2.19. The molecule has 3 amide bonds. The van der Waals surface area contributed by atoms with Crippen LogP contribution in [0.3, 0.4) is 0 Å². The Balaban J connectivity index is 1.85. The fraction of sp³-hybridized carbons (Fsp3) is 0.368. The number of hydrogen-bond acceptors (Lipinski definition) is 5. The van der Waals surface area contributed by atoms with Crippen LogP contribution in [-0.4, -0.2) is 53.5 Å². The van der Waals surface area contributed by atoms with Crippen LogP contribution in [0.2, 0.25) is 0 Å². The predicted molar refractivity (Wildman–Crippen MR) is 99.8 cm³/mol. The summed E-state index contributed by atoms with van der Waals surface area (Å²) in [6.45, 7) is 5.23. The van der Waals surface area contributed by atoms with Crippen LogP contribution < -0.4 is 10.6 Å². The Kier molecular flexibility index (Phi) is 6.33. The third-order valence-corrected chi connectivity index (χ3v) is 3.52. The molecule has 27 heavy (non-hydrogen) atoms. The number of likely N-dealkylation sites (N-methyl/N-ethyl adjacent to an activating group) is 1. The Bertz CT molecular complexity index is 809. The Hall–Kier alpha value is -3.16. The monoisotopic (exact) mass is 372 g/mol. The molecule has 0 spiro atoms. The first-order valence-corrected chi connectivity index (χ1v) is 8.51. The summed E-state index contributed by atoms with van der Waals surface area (Å²) in [5.74, 6) is -0.724. The van der Waals surface area contributed by atoms with E-state index in [1.165, 1.54) is 18.0 Å². The van der Waals surface area contributed by atoms with E-state index in [0.717, 1.165) is 5.56 Å². The average Bonchev–Trinajstić information content (AvgIpc) is 3.08. The van der Waals surface area contributed by atoms with Crippen molar-refractivity contribution in [1.29, 1.82) is 0 Å². The molecule has 0 saturated carbocycles. The molecule has 0 saturated heterocycles. The van der Waals surface area contributed by atoms with Crippen molar-refractivity contribution in [3.05, 3.63) is 42.1 Å². The number of nitrogens with zero attached hydrogens (tertiary/aromatic N) is 2. The Morgan fingerprint density at radius 3 is 2.44 bits per heavy atom. The number of carbonyl (C=O) groups excluding carboxylic acids is 3. The van der Waals surface area contributed by atoms with Gasteiger partial charge in [-0.3, -0.25) is 14.4 Å². The minimum atomic E-state index is -0.526. The van der Waals surface area contributed by atoms with Gasteiger partial charge in [0.1, 0.15) is 0 Å². The summed E-state index contributed by atoms with van der Waals surface area (Å²) in [6.07, 6.45) is 0. The fourth-order valence-corrected chi connectivity index (χ4v) is 2.26. The largest absolute Gasteiger partial charge is 0.355 e. The van der Waals surface area contributed by atoms with E-state index in [4.69, 9.17) is 4.52 Å². The molecule has 144 valence electrons. The summed E-state index contributed by atoms with van der Waals surface area (Å²) in [5, 5.41) is 8.98. The van der Waals surface area contributed by atoms with Crippen LogP contribution in [-0.2, 0) is 9.59 Å². The fourth-order valence-electron chi connectivity index (χ4n) is 2.26. The molecule has 0 aliphatic carbocycles. The molecule has 1 heterocycles. The van der Waals surface area contributed by atoms with E-state index >= 15 is 0 Å². The lowest BCUT2D eigenvalue weighted by molar-refractivity contribution is -0.134. The zero-order valence-corrected chi connectivity index (χ0v) is 15.9. The summed E-state index contributed by atoms with van der Waals surface area (Å²) in [6, 6.07) is 10.8. The molecule has 2 N–H and O–H groups in total. The highest BCUT2D eigenvalue weighted by molar-refractivity contribution is 5.96. The topological polar surface area (TPSA) is 105 Å². The number of amides is 3. The van der Waals surface area contributed by atoms with Gasteiger partial charge in [0, 0.05) is 24.2 Å². The van der Waals surface area contributed by atoms with Crippen LogP contribution in [0.1, 0.15) is 31.3 Å². The SMILES string of the molecule is CN(CC(=O)NC(C)(C)C)C(=O)CNC(=O)c1cc(-c2ccccc2)on1. The molecule has 8 heteroatoms. The number of carbonyl (C=O) groups is 3. The van der Waals surface area contributed by atoms with Crippen molar-refractivity contribution in [3.8, 4) is 11.3 Å². The van der Waals surface area contributed by atoms with Gasteiger partial charge in [-0.25, -0.2) is 0 Å². The zero-order valence-electron chi connectivity index (χ0n) is 15.9. The van der Waals surface area contributed by atoms with Crippen molar-refractivity contribution in [2.45, 2.75) is 26.3 Å². The highest BCUT2D eigenvalue weighted by Gasteiger charge is 2.19. The van der Waals surface area contributed by atoms with Crippen molar-refractivity contribution in [3.63, 3.8) is 0 Å². The van der Waals surface area contributed by atoms with Crippen molar-refractivity contribution in [1.82, 2.24) is 20.7 Å². The molecule has 0 aliphatic heterocycles. The molecular weight excluding hydrogens is 348 g/mol. The van der Waals surface area contributed by atoms with E-state index in [2.05, 4.69) is 15.8 Å². The van der Waals surface area contributed by atoms with E-state index < -0.39 is 5.91 Å². The van der Waals surface area contributed by atoms with Crippen LogP contribution in [0, 0.1) is 0 Å². The number of hydrogen-bond donors (Lipinski definition) is 2. The molecule has 0 radical (unpaired) electrons. The van der Waals surface area contributed by atoms with Crippen LogP contribution in [0.15, 0.2) is 40.9 Å².